The van der Waals surface area contributed by atoms with Gasteiger partial charge in [-0.3, -0.25) is 0 Å². The van der Waals surface area contributed by atoms with Crippen molar-refractivity contribution >= 4 is 23.2 Å². The average Bonchev–Trinajstić information content (AvgIpc) is 2.77. The highest BCUT2D eigenvalue weighted by atomic mass is 16.6. The van der Waals surface area contributed by atoms with Crippen LogP contribution in [0.3, 0.4) is 0 Å². The van der Waals surface area contributed by atoms with Crippen LogP contribution in [0.1, 0.15) is 12.7 Å². The molecule has 0 N–H and O–H groups in total. The molecule has 0 aliphatic heterocycles. The highest BCUT2D eigenvalue weighted by molar-refractivity contribution is 5.86. The van der Waals surface area contributed by atoms with Crippen LogP contribution in [-0.2, 0) is 14.4 Å². The van der Waals surface area contributed by atoms with Gasteiger partial charge >= 0.3 is 5.97 Å². The normalized spacial score (nSPS) is 10.9. The summed E-state index contributed by atoms with van der Waals surface area (Å²) in [5.41, 5.74) is 0.782. The Kier molecular flexibility index (Phi) is 3.96. The summed E-state index contributed by atoms with van der Waals surface area (Å²) in [7, 11) is 0. The smallest absolute Gasteiger partial charge is 0.347 e. The van der Waals surface area contributed by atoms with E-state index < -0.39 is 5.97 Å². The highest BCUT2D eigenvalue weighted by Gasteiger charge is 2.02. The van der Waals surface area contributed by atoms with Gasteiger partial charge in [-0.1, -0.05) is 23.4 Å². The second kappa shape index (κ2) is 5.86. The second-order valence-corrected chi connectivity index (χ2v) is 3.50. The minimum Gasteiger partial charge on any atom is -0.463 e. The molecule has 94 valence electrons. The topological polar surface area (TPSA) is 61.0 Å². The molecule has 0 spiro atoms. The largest absolute Gasteiger partial charge is 0.463 e. The predicted octanol–water partition coefficient (Wildman–Crippen LogP) is 2.35. The van der Waals surface area contributed by atoms with Gasteiger partial charge in [0.05, 0.1) is 6.61 Å². The third kappa shape index (κ3) is 3.10. The number of carbonyl (C=O) groups excluding carboxylic acids is 1. The molecule has 0 saturated heterocycles. The zero-order valence-electron chi connectivity index (χ0n) is 9.96. The lowest BCUT2D eigenvalue weighted by Crippen LogP contribution is -2.10. The lowest BCUT2D eigenvalue weighted by atomic mass is 10.2. The molecule has 0 unspecified atom stereocenters. The minimum atomic E-state index is -0.445. The van der Waals surface area contributed by atoms with Crippen molar-refractivity contribution in [3.8, 4) is 0 Å². The van der Waals surface area contributed by atoms with E-state index in [0.717, 1.165) is 11.0 Å². The number of fused-ring (bicyclic) bond motifs is 1. The molecular weight excluding hydrogens is 234 g/mol. The standard InChI is InChI=1S/C13H13NO4/c1-2-16-13(15)9-17-14-8-11-7-10-5-3-4-6-12(10)18-11/h3-8H,2,9H2,1H3/b14-8+. The SMILES string of the molecule is CCOC(=O)CO/N=C/c1cc2ccccc2o1. The third-order valence-corrected chi connectivity index (χ3v) is 2.19. The summed E-state index contributed by atoms with van der Waals surface area (Å²) in [6.45, 7) is 1.86. The van der Waals surface area contributed by atoms with Crippen molar-refractivity contribution in [3.05, 3.63) is 36.1 Å². The van der Waals surface area contributed by atoms with Crippen molar-refractivity contribution in [1.29, 1.82) is 0 Å². The zero-order chi connectivity index (χ0) is 12.8. The number of oxime groups is 1. The maximum atomic E-state index is 11.0. The molecule has 1 heterocycles. The highest BCUT2D eigenvalue weighted by Crippen LogP contribution is 2.17. The maximum absolute atomic E-state index is 11.0. The fourth-order valence-corrected chi connectivity index (χ4v) is 1.45. The lowest BCUT2D eigenvalue weighted by molar-refractivity contribution is -0.148. The van der Waals surface area contributed by atoms with Crippen molar-refractivity contribution in [2.24, 2.45) is 5.16 Å². The maximum Gasteiger partial charge on any atom is 0.347 e. The molecule has 5 heteroatoms. The van der Waals surface area contributed by atoms with Crippen LogP contribution >= 0.6 is 0 Å². The predicted molar refractivity (Wildman–Crippen MR) is 66.4 cm³/mol. The third-order valence-electron chi connectivity index (χ3n) is 2.19. The Bertz CT molecular complexity index is 526. The summed E-state index contributed by atoms with van der Waals surface area (Å²) in [6, 6.07) is 9.47. The fourth-order valence-electron chi connectivity index (χ4n) is 1.45. The number of ether oxygens (including phenoxy) is 1. The monoisotopic (exact) mass is 247 g/mol. The Hall–Kier alpha value is -2.30. The summed E-state index contributed by atoms with van der Waals surface area (Å²) in [6.07, 6.45) is 1.42. The average molecular weight is 247 g/mol. The van der Waals surface area contributed by atoms with Crippen molar-refractivity contribution in [1.82, 2.24) is 0 Å². The van der Waals surface area contributed by atoms with Crippen LogP contribution in [-0.4, -0.2) is 25.4 Å². The molecule has 0 aliphatic rings. The Morgan fingerprint density at radius 3 is 3.06 bits per heavy atom. The molecule has 0 radical (unpaired) electrons. The van der Waals surface area contributed by atoms with Crippen LogP contribution < -0.4 is 0 Å². The quantitative estimate of drug-likeness (QED) is 0.462. The number of hydrogen-bond donors (Lipinski definition) is 0. The van der Waals surface area contributed by atoms with Gasteiger partial charge in [0.1, 0.15) is 17.6 Å². The number of hydrogen-bond acceptors (Lipinski definition) is 5. The lowest BCUT2D eigenvalue weighted by Gasteiger charge is -1.98. The van der Waals surface area contributed by atoms with Gasteiger partial charge in [-0.25, -0.2) is 4.79 Å². The van der Waals surface area contributed by atoms with Gasteiger partial charge in [0, 0.05) is 5.39 Å². The summed E-state index contributed by atoms with van der Waals surface area (Å²) >= 11 is 0. The number of esters is 1. The van der Waals surface area contributed by atoms with E-state index in [4.69, 9.17) is 9.25 Å². The molecule has 2 rings (SSSR count). The minimum absolute atomic E-state index is 0.204. The van der Waals surface area contributed by atoms with Gasteiger partial charge in [0.25, 0.3) is 0 Å². The van der Waals surface area contributed by atoms with Gasteiger partial charge in [0.2, 0.25) is 6.61 Å². The molecule has 1 aromatic carbocycles. The van der Waals surface area contributed by atoms with Gasteiger partial charge in [-0.15, -0.1) is 0 Å². The molecule has 2 aromatic rings. The number of nitrogens with zero attached hydrogens (tertiary/aromatic N) is 1. The molecular formula is C13H13NO4. The van der Waals surface area contributed by atoms with Gasteiger partial charge in [-0.2, -0.15) is 0 Å². The van der Waals surface area contributed by atoms with E-state index in [1.807, 2.05) is 30.3 Å². The molecule has 0 aliphatic carbocycles. The van der Waals surface area contributed by atoms with Gasteiger partial charge in [0.15, 0.2) is 0 Å². The first kappa shape index (κ1) is 12.2. The van der Waals surface area contributed by atoms with E-state index in [2.05, 4.69) is 9.89 Å². The van der Waals surface area contributed by atoms with Gasteiger partial charge < -0.3 is 14.0 Å². The molecule has 0 saturated carbocycles. The van der Waals surface area contributed by atoms with Crippen LogP contribution in [0, 0.1) is 0 Å². The van der Waals surface area contributed by atoms with E-state index in [1.54, 1.807) is 6.92 Å². The molecule has 18 heavy (non-hydrogen) atoms. The summed E-state index contributed by atoms with van der Waals surface area (Å²) in [4.78, 5) is 15.7. The Labute approximate surface area is 104 Å². The summed E-state index contributed by atoms with van der Waals surface area (Å²) in [5, 5.41) is 4.63. The number of benzene rings is 1. The van der Waals surface area contributed by atoms with E-state index in [9.17, 15) is 4.79 Å². The van der Waals surface area contributed by atoms with Gasteiger partial charge in [-0.05, 0) is 19.1 Å². The van der Waals surface area contributed by atoms with E-state index in [-0.39, 0.29) is 6.61 Å². The zero-order valence-corrected chi connectivity index (χ0v) is 9.96. The van der Waals surface area contributed by atoms with Crippen molar-refractivity contribution < 1.29 is 18.8 Å². The Balaban J connectivity index is 1.91. The molecule has 0 atom stereocenters. The molecule has 0 amide bonds. The van der Waals surface area contributed by atoms with Crippen molar-refractivity contribution in [3.63, 3.8) is 0 Å². The van der Waals surface area contributed by atoms with E-state index in [1.165, 1.54) is 6.21 Å². The molecule has 1 aromatic heterocycles. The van der Waals surface area contributed by atoms with Crippen molar-refractivity contribution in [2.75, 3.05) is 13.2 Å². The summed E-state index contributed by atoms with van der Waals surface area (Å²) in [5.74, 6) is 0.124. The van der Waals surface area contributed by atoms with Crippen LogP contribution in [0.4, 0.5) is 0 Å². The van der Waals surface area contributed by atoms with Crippen LogP contribution in [0.25, 0.3) is 11.0 Å². The van der Waals surface area contributed by atoms with Crippen LogP contribution in [0.15, 0.2) is 39.9 Å². The van der Waals surface area contributed by atoms with Crippen LogP contribution in [0.5, 0.6) is 0 Å². The fraction of sp³-hybridized carbons (Fsp3) is 0.231. The van der Waals surface area contributed by atoms with Crippen LogP contribution in [0.2, 0.25) is 0 Å². The second-order valence-electron chi connectivity index (χ2n) is 3.50. The number of rotatable bonds is 5. The Morgan fingerprint density at radius 2 is 2.28 bits per heavy atom. The molecule has 0 fully saturated rings. The first-order valence-corrected chi connectivity index (χ1v) is 5.59. The first-order chi connectivity index (χ1) is 8.79. The van der Waals surface area contributed by atoms with E-state index >= 15 is 0 Å². The molecule has 5 nitrogen and oxygen atoms in total. The Morgan fingerprint density at radius 1 is 1.44 bits per heavy atom. The van der Waals surface area contributed by atoms with Crippen molar-refractivity contribution in [2.45, 2.75) is 6.92 Å². The molecule has 0 bridgehead atoms. The van der Waals surface area contributed by atoms with E-state index in [0.29, 0.717) is 12.4 Å². The first-order valence-electron chi connectivity index (χ1n) is 5.59. The summed E-state index contributed by atoms with van der Waals surface area (Å²) < 4.78 is 10.2. The number of para-hydroxylation sites is 1. The number of furan rings is 1. The number of carbonyl (C=O) groups is 1.